The number of nitrogens with zero attached hydrogens (tertiary/aromatic N) is 1. The first kappa shape index (κ1) is 15.0. The summed E-state index contributed by atoms with van der Waals surface area (Å²) in [6.45, 7) is 3.60. The highest BCUT2D eigenvalue weighted by Gasteiger charge is 2.31. The van der Waals surface area contributed by atoms with Crippen molar-refractivity contribution in [3.63, 3.8) is 0 Å². The number of anilines is 1. The lowest BCUT2D eigenvalue weighted by molar-refractivity contribution is -0.137. The Labute approximate surface area is 120 Å². The third-order valence-electron chi connectivity index (χ3n) is 3.03. The third-order valence-corrected chi connectivity index (χ3v) is 3.03. The zero-order valence-corrected chi connectivity index (χ0v) is 11.5. The van der Waals surface area contributed by atoms with Crippen LogP contribution in [0.3, 0.4) is 0 Å². The third kappa shape index (κ3) is 3.37. The number of alkyl halides is 3. The van der Waals surface area contributed by atoms with Crippen LogP contribution in [0.4, 0.5) is 18.9 Å². The van der Waals surface area contributed by atoms with Crippen LogP contribution in [0.5, 0.6) is 0 Å². The zero-order chi connectivity index (χ0) is 15.6. The highest BCUT2D eigenvalue weighted by Crippen LogP contribution is 2.32. The molecule has 0 fully saturated rings. The van der Waals surface area contributed by atoms with Crippen molar-refractivity contribution in [2.45, 2.75) is 26.1 Å². The van der Waals surface area contributed by atoms with Gasteiger partial charge in [-0.05, 0) is 44.2 Å². The number of rotatable bonds is 3. The number of halogens is 3. The summed E-state index contributed by atoms with van der Waals surface area (Å²) in [5.41, 5.74) is -0.557. The topological polar surface area (TPSA) is 49.0 Å². The van der Waals surface area contributed by atoms with Gasteiger partial charge in [-0.1, -0.05) is 0 Å². The molecule has 6 heteroatoms. The van der Waals surface area contributed by atoms with E-state index in [9.17, 15) is 13.2 Å². The molecule has 1 aromatic heterocycles. The molecule has 0 saturated carbocycles. The van der Waals surface area contributed by atoms with Crippen LogP contribution in [0.15, 0.2) is 34.7 Å². The van der Waals surface area contributed by atoms with Gasteiger partial charge in [-0.2, -0.15) is 18.4 Å². The minimum Gasteiger partial charge on any atom is -0.464 e. The quantitative estimate of drug-likeness (QED) is 0.896. The van der Waals surface area contributed by atoms with E-state index in [0.717, 1.165) is 17.9 Å². The number of benzene rings is 1. The fraction of sp³-hybridized carbons (Fsp3) is 0.267. The first-order valence-corrected chi connectivity index (χ1v) is 6.25. The van der Waals surface area contributed by atoms with Crippen LogP contribution < -0.4 is 5.32 Å². The Morgan fingerprint density at radius 2 is 1.95 bits per heavy atom. The average Bonchev–Trinajstić information content (AvgIpc) is 2.84. The molecule has 1 aromatic carbocycles. The molecule has 0 aliphatic heterocycles. The molecule has 1 N–H and O–H groups in total. The molecule has 2 aromatic rings. The summed E-state index contributed by atoms with van der Waals surface area (Å²) >= 11 is 0. The van der Waals surface area contributed by atoms with Crippen LogP contribution in [0.1, 0.15) is 35.6 Å². The minimum absolute atomic E-state index is 0.0556. The van der Waals surface area contributed by atoms with E-state index >= 15 is 0 Å². The standard InChI is InChI=1S/C15H13F3N2O/c1-9-3-6-14(21-9)10(2)20-13-5-4-12(15(16,17)18)7-11(13)8-19/h3-7,10,20H,1-2H3. The lowest BCUT2D eigenvalue weighted by atomic mass is 10.1. The maximum atomic E-state index is 12.6. The molecule has 1 unspecified atom stereocenters. The Morgan fingerprint density at radius 3 is 2.48 bits per heavy atom. The van der Waals surface area contributed by atoms with Crippen molar-refractivity contribution in [1.29, 1.82) is 5.26 Å². The molecule has 0 radical (unpaired) electrons. The molecule has 0 amide bonds. The largest absolute Gasteiger partial charge is 0.464 e. The van der Waals surface area contributed by atoms with Crippen LogP contribution >= 0.6 is 0 Å². The predicted octanol–water partition coefficient (Wildman–Crippen LogP) is 4.65. The van der Waals surface area contributed by atoms with Crippen LogP contribution in [-0.2, 0) is 6.18 Å². The van der Waals surface area contributed by atoms with E-state index in [1.54, 1.807) is 32.0 Å². The Balaban J connectivity index is 2.26. The van der Waals surface area contributed by atoms with Gasteiger partial charge in [0.25, 0.3) is 0 Å². The normalized spacial score (nSPS) is 12.8. The molecule has 1 heterocycles. The molecule has 3 nitrogen and oxygen atoms in total. The lowest BCUT2D eigenvalue weighted by Crippen LogP contribution is -2.09. The average molecular weight is 294 g/mol. The summed E-state index contributed by atoms with van der Waals surface area (Å²) in [7, 11) is 0. The Morgan fingerprint density at radius 1 is 1.24 bits per heavy atom. The fourth-order valence-electron chi connectivity index (χ4n) is 1.93. The fourth-order valence-corrected chi connectivity index (χ4v) is 1.93. The van der Waals surface area contributed by atoms with E-state index in [1.807, 2.05) is 0 Å². The van der Waals surface area contributed by atoms with Crippen LogP contribution in [0.25, 0.3) is 0 Å². The smallest absolute Gasteiger partial charge is 0.416 e. The van der Waals surface area contributed by atoms with Gasteiger partial charge in [-0.15, -0.1) is 0 Å². The molecule has 21 heavy (non-hydrogen) atoms. The van der Waals surface area contributed by atoms with Gasteiger partial charge in [-0.25, -0.2) is 0 Å². The summed E-state index contributed by atoms with van der Waals surface area (Å²) < 4.78 is 43.3. The van der Waals surface area contributed by atoms with Crippen LogP contribution in [0.2, 0.25) is 0 Å². The highest BCUT2D eigenvalue weighted by molar-refractivity contribution is 5.59. The van der Waals surface area contributed by atoms with E-state index < -0.39 is 11.7 Å². The Bertz CT molecular complexity index is 683. The van der Waals surface area contributed by atoms with Crippen molar-refractivity contribution in [1.82, 2.24) is 0 Å². The lowest BCUT2D eigenvalue weighted by Gasteiger charge is -2.15. The Hall–Kier alpha value is -2.42. The first-order valence-electron chi connectivity index (χ1n) is 6.25. The number of nitrogens with one attached hydrogen (secondary N) is 1. The number of furan rings is 1. The molecule has 0 saturated heterocycles. The van der Waals surface area contributed by atoms with E-state index in [0.29, 0.717) is 11.4 Å². The monoisotopic (exact) mass is 294 g/mol. The van der Waals surface area contributed by atoms with Gasteiger partial charge in [0.1, 0.15) is 17.6 Å². The predicted molar refractivity (Wildman–Crippen MR) is 71.6 cm³/mol. The van der Waals surface area contributed by atoms with Crippen molar-refractivity contribution in [2.24, 2.45) is 0 Å². The van der Waals surface area contributed by atoms with E-state index in [2.05, 4.69) is 5.32 Å². The molecule has 2 rings (SSSR count). The van der Waals surface area contributed by atoms with E-state index in [1.165, 1.54) is 6.07 Å². The maximum Gasteiger partial charge on any atom is 0.416 e. The molecule has 0 bridgehead atoms. The van der Waals surface area contributed by atoms with Gasteiger partial charge in [0.2, 0.25) is 0 Å². The SMILES string of the molecule is Cc1ccc(C(C)Nc2ccc(C(F)(F)F)cc2C#N)o1. The van der Waals surface area contributed by atoms with Gasteiger partial charge in [-0.3, -0.25) is 0 Å². The van der Waals surface area contributed by atoms with Crippen molar-refractivity contribution < 1.29 is 17.6 Å². The second-order valence-corrected chi connectivity index (χ2v) is 4.68. The summed E-state index contributed by atoms with van der Waals surface area (Å²) in [6, 6.07) is 8.13. The number of nitriles is 1. The molecular formula is C15H13F3N2O. The minimum atomic E-state index is -4.46. The van der Waals surface area contributed by atoms with Gasteiger partial charge in [0, 0.05) is 0 Å². The zero-order valence-electron chi connectivity index (χ0n) is 11.5. The summed E-state index contributed by atoms with van der Waals surface area (Å²) in [5, 5.41) is 12.0. The van der Waals surface area contributed by atoms with Gasteiger partial charge >= 0.3 is 6.18 Å². The van der Waals surface area contributed by atoms with Gasteiger partial charge in [0.05, 0.1) is 22.9 Å². The maximum absolute atomic E-state index is 12.6. The van der Waals surface area contributed by atoms with Crippen molar-refractivity contribution >= 4 is 5.69 Å². The second-order valence-electron chi connectivity index (χ2n) is 4.68. The van der Waals surface area contributed by atoms with E-state index in [-0.39, 0.29) is 11.6 Å². The Kier molecular flexibility index (Phi) is 3.94. The highest BCUT2D eigenvalue weighted by atomic mass is 19.4. The van der Waals surface area contributed by atoms with Crippen LogP contribution in [0, 0.1) is 18.3 Å². The van der Waals surface area contributed by atoms with Gasteiger partial charge < -0.3 is 9.73 Å². The first-order chi connectivity index (χ1) is 9.81. The van der Waals surface area contributed by atoms with Crippen molar-refractivity contribution in [3.8, 4) is 6.07 Å². The van der Waals surface area contributed by atoms with Crippen molar-refractivity contribution in [3.05, 3.63) is 53.0 Å². The number of hydrogen-bond donors (Lipinski definition) is 1. The summed E-state index contributed by atoms with van der Waals surface area (Å²) in [4.78, 5) is 0. The number of hydrogen-bond acceptors (Lipinski definition) is 3. The summed E-state index contributed by atoms with van der Waals surface area (Å²) in [5.74, 6) is 1.39. The van der Waals surface area contributed by atoms with Crippen molar-refractivity contribution in [2.75, 3.05) is 5.32 Å². The van der Waals surface area contributed by atoms with Gasteiger partial charge in [0.15, 0.2) is 0 Å². The molecular weight excluding hydrogens is 281 g/mol. The second kappa shape index (κ2) is 5.52. The molecule has 1 atom stereocenters. The van der Waals surface area contributed by atoms with E-state index in [4.69, 9.17) is 9.68 Å². The van der Waals surface area contributed by atoms with Crippen LogP contribution in [-0.4, -0.2) is 0 Å². The molecule has 110 valence electrons. The molecule has 0 aliphatic carbocycles. The summed E-state index contributed by atoms with van der Waals surface area (Å²) in [6.07, 6.45) is -4.46. The molecule has 0 spiro atoms. The number of aryl methyl sites for hydroxylation is 1. The molecule has 0 aliphatic rings.